The van der Waals surface area contributed by atoms with E-state index < -0.39 is 0 Å². The molecule has 1 atom stereocenters. The van der Waals surface area contributed by atoms with Gasteiger partial charge in [0.1, 0.15) is 0 Å². The first-order valence-corrected chi connectivity index (χ1v) is 8.35. The lowest BCUT2D eigenvalue weighted by Gasteiger charge is -2.21. The molecule has 0 radical (unpaired) electrons. The normalized spacial score (nSPS) is 18.4. The summed E-state index contributed by atoms with van der Waals surface area (Å²) in [5.41, 5.74) is 1.43. The van der Waals surface area contributed by atoms with Crippen molar-refractivity contribution in [2.24, 2.45) is 4.99 Å². The van der Waals surface area contributed by atoms with Crippen LogP contribution < -0.4 is 5.32 Å². The summed E-state index contributed by atoms with van der Waals surface area (Å²) in [5.74, 6) is 1.63. The highest BCUT2D eigenvalue weighted by molar-refractivity contribution is 5.80. The molecule has 0 saturated carbocycles. The Kier molecular flexibility index (Phi) is 5.29. The molecular weight excluding hydrogens is 286 g/mol. The second-order valence-electron chi connectivity index (χ2n) is 5.94. The summed E-state index contributed by atoms with van der Waals surface area (Å²) in [6.45, 7) is 3.96. The molecule has 2 aromatic rings. The Morgan fingerprint density at radius 3 is 2.91 bits per heavy atom. The van der Waals surface area contributed by atoms with Crippen LogP contribution in [-0.4, -0.2) is 47.3 Å². The molecule has 122 valence electrons. The van der Waals surface area contributed by atoms with E-state index in [0.29, 0.717) is 5.92 Å². The number of nitrogens with zero attached hydrogens (tertiary/aromatic N) is 4. The largest absolute Gasteiger partial charge is 0.356 e. The van der Waals surface area contributed by atoms with E-state index in [0.717, 1.165) is 38.6 Å². The van der Waals surface area contributed by atoms with Crippen molar-refractivity contribution < 1.29 is 0 Å². The quantitative estimate of drug-likeness (QED) is 0.524. The minimum atomic E-state index is 0.610. The summed E-state index contributed by atoms with van der Waals surface area (Å²) in [7, 11) is 1.87. The molecule has 1 saturated heterocycles. The molecule has 1 aromatic heterocycles. The van der Waals surface area contributed by atoms with Crippen molar-refractivity contribution >= 4 is 5.96 Å². The van der Waals surface area contributed by atoms with Gasteiger partial charge in [-0.25, -0.2) is 0 Å². The molecule has 1 unspecified atom stereocenters. The molecule has 0 spiro atoms. The van der Waals surface area contributed by atoms with Crippen molar-refractivity contribution in [2.75, 3.05) is 26.7 Å². The third-order valence-electron chi connectivity index (χ3n) is 4.38. The zero-order valence-electron chi connectivity index (χ0n) is 13.7. The van der Waals surface area contributed by atoms with Gasteiger partial charge in [0.25, 0.3) is 0 Å². The second-order valence-corrected chi connectivity index (χ2v) is 5.94. The van der Waals surface area contributed by atoms with Crippen molar-refractivity contribution in [3.8, 4) is 0 Å². The number of guanidine groups is 1. The summed E-state index contributed by atoms with van der Waals surface area (Å²) in [5, 5.41) is 7.70. The Balaban J connectivity index is 1.46. The number of aryl methyl sites for hydroxylation is 1. The van der Waals surface area contributed by atoms with E-state index in [1.807, 2.05) is 30.2 Å². The van der Waals surface area contributed by atoms with E-state index >= 15 is 0 Å². The third-order valence-corrected chi connectivity index (χ3v) is 4.38. The van der Waals surface area contributed by atoms with E-state index in [1.54, 1.807) is 0 Å². The van der Waals surface area contributed by atoms with Crippen LogP contribution in [0.5, 0.6) is 0 Å². The van der Waals surface area contributed by atoms with Crippen molar-refractivity contribution in [2.45, 2.75) is 25.3 Å². The molecule has 0 bridgehead atoms. The van der Waals surface area contributed by atoms with Gasteiger partial charge in [-0.3, -0.25) is 9.67 Å². The molecule has 3 rings (SSSR count). The van der Waals surface area contributed by atoms with E-state index in [1.165, 1.54) is 12.0 Å². The van der Waals surface area contributed by atoms with Gasteiger partial charge in [-0.2, -0.15) is 5.10 Å². The molecule has 1 aliphatic heterocycles. The average molecular weight is 311 g/mol. The Morgan fingerprint density at radius 1 is 1.30 bits per heavy atom. The van der Waals surface area contributed by atoms with Gasteiger partial charge in [0.15, 0.2) is 5.96 Å². The van der Waals surface area contributed by atoms with Crippen LogP contribution in [0.3, 0.4) is 0 Å². The molecule has 1 aliphatic rings. The fourth-order valence-electron chi connectivity index (χ4n) is 3.16. The fourth-order valence-corrected chi connectivity index (χ4v) is 3.16. The van der Waals surface area contributed by atoms with E-state index in [2.05, 4.69) is 50.6 Å². The zero-order valence-corrected chi connectivity index (χ0v) is 13.7. The fraction of sp³-hybridized carbons (Fsp3) is 0.444. The maximum atomic E-state index is 4.44. The van der Waals surface area contributed by atoms with E-state index in [-0.39, 0.29) is 0 Å². The second kappa shape index (κ2) is 7.81. The highest BCUT2D eigenvalue weighted by Crippen LogP contribution is 2.26. The lowest BCUT2D eigenvalue weighted by atomic mass is 9.99. The number of likely N-dealkylation sites (tertiary alicyclic amines) is 1. The maximum absolute atomic E-state index is 4.44. The van der Waals surface area contributed by atoms with Crippen molar-refractivity contribution in [3.63, 3.8) is 0 Å². The Morgan fingerprint density at radius 2 is 2.17 bits per heavy atom. The molecule has 23 heavy (non-hydrogen) atoms. The predicted octanol–water partition coefficient (Wildman–Crippen LogP) is 2.34. The standard InChI is InChI=1S/C18H25N5/c1-19-18(20-10-5-12-23-13-6-11-21-23)22-14-9-17(15-22)16-7-3-2-4-8-16/h2-4,6-8,11,13,17H,5,9-10,12,14-15H2,1H3,(H,19,20). The average Bonchev–Trinajstić information content (AvgIpc) is 3.27. The summed E-state index contributed by atoms with van der Waals surface area (Å²) in [4.78, 5) is 6.81. The van der Waals surface area contributed by atoms with Gasteiger partial charge in [-0.05, 0) is 24.5 Å². The lowest BCUT2D eigenvalue weighted by Crippen LogP contribution is -2.40. The van der Waals surface area contributed by atoms with Crippen LogP contribution in [0.1, 0.15) is 24.3 Å². The number of aromatic nitrogens is 2. The third kappa shape index (κ3) is 4.12. The number of hydrogen-bond acceptors (Lipinski definition) is 2. The van der Waals surface area contributed by atoms with Crippen LogP contribution in [0.15, 0.2) is 53.8 Å². The van der Waals surface area contributed by atoms with Crippen molar-refractivity contribution in [1.82, 2.24) is 20.0 Å². The molecule has 2 heterocycles. The summed E-state index contributed by atoms with van der Waals surface area (Å²) < 4.78 is 1.96. The minimum Gasteiger partial charge on any atom is -0.356 e. The van der Waals surface area contributed by atoms with E-state index in [4.69, 9.17) is 0 Å². The van der Waals surface area contributed by atoms with Crippen LogP contribution >= 0.6 is 0 Å². The molecule has 1 N–H and O–H groups in total. The molecule has 5 nitrogen and oxygen atoms in total. The maximum Gasteiger partial charge on any atom is 0.193 e. The summed E-state index contributed by atoms with van der Waals surface area (Å²) in [6.07, 6.45) is 6.05. The number of hydrogen-bond donors (Lipinski definition) is 1. The first kappa shape index (κ1) is 15.6. The number of aliphatic imine (C=N–C) groups is 1. The molecule has 5 heteroatoms. The highest BCUT2D eigenvalue weighted by atomic mass is 15.3. The van der Waals surface area contributed by atoms with Gasteiger partial charge >= 0.3 is 0 Å². The number of nitrogens with one attached hydrogen (secondary N) is 1. The molecule has 0 amide bonds. The number of rotatable bonds is 5. The van der Waals surface area contributed by atoms with Gasteiger partial charge in [0.2, 0.25) is 0 Å². The minimum absolute atomic E-state index is 0.610. The Hall–Kier alpha value is -2.30. The highest BCUT2D eigenvalue weighted by Gasteiger charge is 2.25. The molecule has 1 aromatic carbocycles. The van der Waals surface area contributed by atoms with Gasteiger partial charge in [0.05, 0.1) is 0 Å². The van der Waals surface area contributed by atoms with Gasteiger partial charge in [-0.15, -0.1) is 0 Å². The SMILES string of the molecule is CN=C(NCCCn1cccn1)N1CCC(c2ccccc2)C1. The van der Waals surface area contributed by atoms with Crippen molar-refractivity contribution in [1.29, 1.82) is 0 Å². The summed E-state index contributed by atoms with van der Waals surface area (Å²) in [6, 6.07) is 12.8. The smallest absolute Gasteiger partial charge is 0.193 e. The first-order chi connectivity index (χ1) is 11.4. The van der Waals surface area contributed by atoms with Gasteiger partial charge < -0.3 is 10.2 Å². The Bertz CT molecular complexity index is 606. The molecular formula is C18H25N5. The lowest BCUT2D eigenvalue weighted by molar-refractivity contribution is 0.479. The zero-order chi connectivity index (χ0) is 15.9. The van der Waals surface area contributed by atoms with Gasteiger partial charge in [-0.1, -0.05) is 30.3 Å². The monoisotopic (exact) mass is 311 g/mol. The predicted molar refractivity (Wildman–Crippen MR) is 93.6 cm³/mol. The first-order valence-electron chi connectivity index (χ1n) is 8.35. The topological polar surface area (TPSA) is 45.5 Å². The van der Waals surface area contributed by atoms with Crippen LogP contribution in [0, 0.1) is 0 Å². The van der Waals surface area contributed by atoms with Crippen LogP contribution in [0.2, 0.25) is 0 Å². The molecule has 1 fully saturated rings. The summed E-state index contributed by atoms with van der Waals surface area (Å²) >= 11 is 0. The van der Waals surface area contributed by atoms with Gasteiger partial charge in [0, 0.05) is 51.5 Å². The van der Waals surface area contributed by atoms with Crippen LogP contribution in [0.25, 0.3) is 0 Å². The van der Waals surface area contributed by atoms with Crippen molar-refractivity contribution in [3.05, 3.63) is 54.4 Å². The number of benzene rings is 1. The van der Waals surface area contributed by atoms with Crippen LogP contribution in [0.4, 0.5) is 0 Å². The molecule has 0 aliphatic carbocycles. The Labute approximate surface area is 138 Å². The van der Waals surface area contributed by atoms with Crippen LogP contribution in [-0.2, 0) is 6.54 Å². The van der Waals surface area contributed by atoms with E-state index in [9.17, 15) is 0 Å².